The Kier molecular flexibility index (Phi) is 4.76. The van der Waals surface area contributed by atoms with Gasteiger partial charge in [0.2, 0.25) is 5.91 Å². The number of carbonyl (C=O) groups is 2. The molecule has 0 bridgehead atoms. The van der Waals surface area contributed by atoms with Gasteiger partial charge in [0.25, 0.3) is 0 Å². The summed E-state index contributed by atoms with van der Waals surface area (Å²) in [5.41, 5.74) is -0.142. The molecule has 0 aromatic heterocycles. The Hall–Kier alpha value is -2.32. The third kappa shape index (κ3) is 4.33. The van der Waals surface area contributed by atoms with E-state index in [0.717, 1.165) is 18.2 Å². The van der Waals surface area contributed by atoms with E-state index in [0.29, 0.717) is 12.8 Å². The zero-order valence-electron chi connectivity index (χ0n) is 11.7. The number of hydrogen-bond donors (Lipinski definition) is 2. The summed E-state index contributed by atoms with van der Waals surface area (Å²) in [6, 6.07) is 2.73. The summed E-state index contributed by atoms with van der Waals surface area (Å²) in [7, 11) is 0. The van der Waals surface area contributed by atoms with Gasteiger partial charge >= 0.3 is 12.1 Å². The molecule has 5 nitrogen and oxygen atoms in total. The van der Waals surface area contributed by atoms with Gasteiger partial charge in [-0.25, -0.2) is 4.39 Å². The van der Waals surface area contributed by atoms with Crippen LogP contribution in [0.25, 0.3) is 0 Å². The van der Waals surface area contributed by atoms with E-state index in [2.05, 4.69) is 10.1 Å². The van der Waals surface area contributed by atoms with Crippen molar-refractivity contribution in [2.45, 2.75) is 19.0 Å². The first-order chi connectivity index (χ1) is 10.7. The third-order valence-electron chi connectivity index (χ3n) is 3.52. The van der Waals surface area contributed by atoms with Crippen molar-refractivity contribution in [2.24, 2.45) is 11.8 Å². The lowest BCUT2D eigenvalue weighted by atomic mass is 9.73. The van der Waals surface area contributed by atoms with Gasteiger partial charge in [0.05, 0.1) is 17.5 Å². The second-order valence-electron chi connectivity index (χ2n) is 5.16. The number of alkyl halides is 3. The van der Waals surface area contributed by atoms with Gasteiger partial charge in [0.1, 0.15) is 11.6 Å². The average molecular weight is 335 g/mol. The minimum absolute atomic E-state index is 0.142. The molecule has 2 atom stereocenters. The second kappa shape index (κ2) is 6.43. The maximum atomic E-state index is 13.2. The van der Waals surface area contributed by atoms with Gasteiger partial charge in [-0.05, 0) is 25.0 Å². The van der Waals surface area contributed by atoms with Crippen LogP contribution in [-0.2, 0) is 9.59 Å². The Morgan fingerprint density at radius 2 is 1.91 bits per heavy atom. The summed E-state index contributed by atoms with van der Waals surface area (Å²) >= 11 is 0. The van der Waals surface area contributed by atoms with Crippen LogP contribution in [0.5, 0.6) is 5.75 Å². The van der Waals surface area contributed by atoms with Crippen LogP contribution >= 0.6 is 0 Å². The zero-order chi connectivity index (χ0) is 17.2. The van der Waals surface area contributed by atoms with Crippen LogP contribution in [0.3, 0.4) is 0 Å². The van der Waals surface area contributed by atoms with Crippen LogP contribution in [0, 0.1) is 17.7 Å². The van der Waals surface area contributed by atoms with Crippen LogP contribution in [0.1, 0.15) is 12.8 Å². The number of nitrogens with one attached hydrogen (secondary N) is 1. The fourth-order valence-corrected chi connectivity index (χ4v) is 2.21. The quantitative estimate of drug-likeness (QED) is 0.812. The molecule has 2 N–H and O–H groups in total. The van der Waals surface area contributed by atoms with Crippen molar-refractivity contribution >= 4 is 17.6 Å². The number of hydrogen-bond acceptors (Lipinski definition) is 3. The largest absolute Gasteiger partial charge is 0.482 e. The molecule has 2 rings (SSSR count). The summed E-state index contributed by atoms with van der Waals surface area (Å²) in [6.07, 6.45) is -3.90. The molecule has 0 spiro atoms. The maximum Gasteiger partial charge on any atom is 0.422 e. The van der Waals surface area contributed by atoms with Gasteiger partial charge in [0, 0.05) is 6.07 Å². The molecule has 1 aromatic rings. The van der Waals surface area contributed by atoms with E-state index < -0.39 is 48.1 Å². The Balaban J connectivity index is 2.10. The first-order valence-corrected chi connectivity index (χ1v) is 6.70. The van der Waals surface area contributed by atoms with Crippen LogP contribution in [0.4, 0.5) is 23.2 Å². The Morgan fingerprint density at radius 3 is 2.43 bits per heavy atom. The molecule has 23 heavy (non-hydrogen) atoms. The number of benzene rings is 1. The number of ether oxygens (including phenoxy) is 1. The monoisotopic (exact) mass is 335 g/mol. The van der Waals surface area contributed by atoms with Crippen molar-refractivity contribution in [3.05, 3.63) is 24.0 Å². The van der Waals surface area contributed by atoms with Gasteiger partial charge in [0.15, 0.2) is 6.61 Å². The molecule has 9 heteroatoms. The number of amides is 1. The fourth-order valence-electron chi connectivity index (χ4n) is 2.21. The number of anilines is 1. The molecule has 1 amide bonds. The highest BCUT2D eigenvalue weighted by Crippen LogP contribution is 2.36. The molecule has 1 aliphatic carbocycles. The van der Waals surface area contributed by atoms with E-state index in [1.54, 1.807) is 0 Å². The second-order valence-corrected chi connectivity index (χ2v) is 5.16. The molecule has 0 radical (unpaired) electrons. The van der Waals surface area contributed by atoms with Gasteiger partial charge in [-0.1, -0.05) is 0 Å². The summed E-state index contributed by atoms with van der Waals surface area (Å²) in [5.74, 6) is -4.65. The van der Waals surface area contributed by atoms with Crippen molar-refractivity contribution in [3.63, 3.8) is 0 Å². The zero-order valence-corrected chi connectivity index (χ0v) is 11.7. The highest BCUT2D eigenvalue weighted by atomic mass is 19.4. The van der Waals surface area contributed by atoms with E-state index >= 15 is 0 Å². The lowest BCUT2D eigenvalue weighted by molar-refractivity contribution is -0.153. The topological polar surface area (TPSA) is 75.6 Å². The standard InChI is InChI=1S/C14H13F4NO4/c15-7-1-4-10(11(5-7)23-6-14(16,17)18)19-12(20)8-2-3-9(8)13(21)22/h1,4-5,8-9H,2-3,6H2,(H,19,20)(H,21,22). The molecule has 0 heterocycles. The summed E-state index contributed by atoms with van der Waals surface area (Å²) in [5, 5.41) is 11.2. The van der Waals surface area contributed by atoms with Crippen LogP contribution < -0.4 is 10.1 Å². The van der Waals surface area contributed by atoms with Crippen molar-refractivity contribution in [1.82, 2.24) is 0 Å². The third-order valence-corrected chi connectivity index (χ3v) is 3.52. The molecule has 126 valence electrons. The van der Waals surface area contributed by atoms with Crippen LogP contribution in [0.15, 0.2) is 18.2 Å². The Labute approximate surface area is 128 Å². The molecule has 0 aliphatic heterocycles. The molecule has 0 saturated heterocycles. The van der Waals surface area contributed by atoms with E-state index in [9.17, 15) is 27.2 Å². The average Bonchev–Trinajstić information content (AvgIpc) is 2.36. The molecule has 1 aliphatic rings. The normalized spacial score (nSPS) is 20.5. The Morgan fingerprint density at radius 1 is 1.26 bits per heavy atom. The molecule has 2 unspecified atom stereocenters. The van der Waals surface area contributed by atoms with E-state index in [1.165, 1.54) is 0 Å². The van der Waals surface area contributed by atoms with E-state index in [4.69, 9.17) is 5.11 Å². The van der Waals surface area contributed by atoms with Crippen LogP contribution in [0.2, 0.25) is 0 Å². The predicted octanol–water partition coefficient (Wildman–Crippen LogP) is 2.82. The number of aliphatic carboxylic acids is 1. The van der Waals surface area contributed by atoms with Gasteiger partial charge in [-0.15, -0.1) is 0 Å². The van der Waals surface area contributed by atoms with Crippen molar-refractivity contribution in [3.8, 4) is 5.75 Å². The fraction of sp³-hybridized carbons (Fsp3) is 0.429. The number of halogens is 4. The minimum atomic E-state index is -4.62. The van der Waals surface area contributed by atoms with Crippen molar-refractivity contribution < 1.29 is 37.0 Å². The predicted molar refractivity (Wildman–Crippen MR) is 70.4 cm³/mol. The van der Waals surface area contributed by atoms with E-state index in [1.807, 2.05) is 0 Å². The lowest BCUT2D eigenvalue weighted by Gasteiger charge is -2.32. The Bertz CT molecular complexity index is 617. The number of rotatable bonds is 5. The van der Waals surface area contributed by atoms with Gasteiger partial charge in [-0.3, -0.25) is 9.59 Å². The number of carboxylic acid groups (broad SMARTS) is 1. The molecule has 1 saturated carbocycles. The SMILES string of the molecule is O=C(O)C1CCC1C(=O)Nc1ccc(F)cc1OCC(F)(F)F. The highest BCUT2D eigenvalue weighted by Gasteiger charge is 2.41. The number of carboxylic acids is 1. The van der Waals surface area contributed by atoms with E-state index in [-0.39, 0.29) is 5.69 Å². The van der Waals surface area contributed by atoms with Crippen LogP contribution in [-0.4, -0.2) is 29.8 Å². The van der Waals surface area contributed by atoms with Gasteiger partial charge < -0.3 is 15.2 Å². The van der Waals surface area contributed by atoms with Gasteiger partial charge in [-0.2, -0.15) is 13.2 Å². The molecular weight excluding hydrogens is 322 g/mol. The summed E-state index contributed by atoms with van der Waals surface area (Å²) in [4.78, 5) is 22.9. The maximum absolute atomic E-state index is 13.2. The summed E-state index contributed by atoms with van der Waals surface area (Å²) < 4.78 is 54.2. The van der Waals surface area contributed by atoms with Crippen molar-refractivity contribution in [1.29, 1.82) is 0 Å². The first-order valence-electron chi connectivity index (χ1n) is 6.70. The molecular formula is C14H13F4NO4. The number of carbonyl (C=O) groups excluding carboxylic acids is 1. The summed E-state index contributed by atoms with van der Waals surface area (Å²) in [6.45, 7) is -1.64. The minimum Gasteiger partial charge on any atom is -0.482 e. The lowest BCUT2D eigenvalue weighted by Crippen LogP contribution is -2.41. The molecule has 1 fully saturated rings. The smallest absolute Gasteiger partial charge is 0.422 e. The highest BCUT2D eigenvalue weighted by molar-refractivity contribution is 5.97. The van der Waals surface area contributed by atoms with Crippen molar-refractivity contribution in [2.75, 3.05) is 11.9 Å². The first kappa shape index (κ1) is 17.0. The molecule has 1 aromatic carbocycles.